The van der Waals surface area contributed by atoms with Crippen LogP contribution in [0.1, 0.15) is 51.4 Å². The maximum absolute atomic E-state index is 14.8. The maximum Gasteiger partial charge on any atom is 0.249 e. The van der Waals surface area contributed by atoms with E-state index >= 15 is 0 Å². The van der Waals surface area contributed by atoms with E-state index in [0.29, 0.717) is 24.2 Å². The molecule has 3 rings (SSSR count). The van der Waals surface area contributed by atoms with Gasteiger partial charge in [-0.1, -0.05) is 19.3 Å². The second-order valence-electron chi connectivity index (χ2n) is 8.71. The fourth-order valence-electron chi connectivity index (χ4n) is 4.32. The predicted molar refractivity (Wildman–Crippen MR) is 127 cm³/mol. The number of nitrogens with one attached hydrogen (secondary N) is 2. The van der Waals surface area contributed by atoms with Gasteiger partial charge in [-0.2, -0.15) is 0 Å². The van der Waals surface area contributed by atoms with E-state index in [9.17, 15) is 18.8 Å². The molecule has 3 amide bonds. The standard InChI is InChI=1S/C24H34FN5O3/c1-26-22(31)7-5-3-2-4-6-12-29-13-15-30(16-14-29)21-10-8-18(17-19(21)25)27-20-9-11-23(32)28-24(20)33/h8,10,17,20,27H,1-7,9,11-16H2,(H,28,32,33). The largest absolute Gasteiger partial charge is 0.374 e. The number of benzene rings is 1. The zero-order valence-electron chi connectivity index (χ0n) is 19.2. The molecular formula is C24H34FN5O3. The van der Waals surface area contributed by atoms with Crippen LogP contribution in [0.25, 0.3) is 0 Å². The summed E-state index contributed by atoms with van der Waals surface area (Å²) in [6, 6.07) is 4.44. The molecule has 2 aliphatic heterocycles. The molecule has 0 aliphatic carbocycles. The van der Waals surface area contributed by atoms with Crippen molar-refractivity contribution in [2.75, 3.05) is 42.9 Å². The van der Waals surface area contributed by atoms with Gasteiger partial charge in [-0.15, -0.1) is 0 Å². The number of nitrogens with zero attached hydrogens (tertiary/aromatic N) is 3. The van der Waals surface area contributed by atoms with Gasteiger partial charge >= 0.3 is 0 Å². The Bertz CT molecular complexity index is 855. The Kier molecular flexibility index (Phi) is 9.35. The quantitative estimate of drug-likeness (QED) is 0.300. The number of rotatable bonds is 11. The molecular weight excluding hydrogens is 425 g/mol. The number of amides is 3. The van der Waals surface area contributed by atoms with Crippen LogP contribution >= 0.6 is 0 Å². The molecule has 33 heavy (non-hydrogen) atoms. The van der Waals surface area contributed by atoms with Gasteiger partial charge in [0.15, 0.2) is 0 Å². The number of piperazine rings is 1. The lowest BCUT2D eigenvalue weighted by Crippen LogP contribution is -2.47. The molecule has 2 heterocycles. The summed E-state index contributed by atoms with van der Waals surface area (Å²) in [6.45, 7) is 7.62. The summed E-state index contributed by atoms with van der Waals surface area (Å²) in [5.74, 6) is -1.07. The number of carbonyl (C=O) groups excluding carboxylic acids is 3. The lowest BCUT2D eigenvalue weighted by Gasteiger charge is -2.36. The minimum Gasteiger partial charge on any atom is -0.374 e. The number of carbonyl (C=O) groups is 3. The molecule has 1 atom stereocenters. The number of halogens is 1. The summed E-state index contributed by atoms with van der Waals surface area (Å²) in [6.07, 6.45) is 6.50. The van der Waals surface area contributed by atoms with E-state index in [1.807, 2.05) is 0 Å². The molecule has 0 aromatic heterocycles. The molecule has 2 aliphatic rings. The number of hydrogen-bond donors (Lipinski definition) is 2. The molecule has 1 unspecified atom stereocenters. The van der Waals surface area contributed by atoms with E-state index in [-0.39, 0.29) is 30.0 Å². The average molecular weight is 460 g/mol. The van der Waals surface area contributed by atoms with Gasteiger partial charge in [0.05, 0.1) is 5.69 Å². The van der Waals surface area contributed by atoms with Crippen LogP contribution in [-0.2, 0) is 14.4 Å². The lowest BCUT2D eigenvalue weighted by molar-refractivity contribution is -0.133. The Balaban J connectivity index is 1.36. The fourth-order valence-corrected chi connectivity index (χ4v) is 4.32. The predicted octanol–water partition coefficient (Wildman–Crippen LogP) is 2.73. The summed E-state index contributed by atoms with van der Waals surface area (Å²) in [5, 5.41) is 5.32. The molecule has 180 valence electrons. The lowest BCUT2D eigenvalue weighted by atomic mass is 10.1. The number of hydrogen-bond acceptors (Lipinski definition) is 6. The highest BCUT2D eigenvalue weighted by Gasteiger charge is 2.27. The van der Waals surface area contributed by atoms with Gasteiger partial charge in [-0.05, 0) is 50.7 Å². The Morgan fingerprint density at radius 2 is 1.85 bits per heavy atom. The molecule has 8 nitrogen and oxygen atoms in total. The van der Waals surface area contributed by atoms with Crippen molar-refractivity contribution in [3.8, 4) is 0 Å². The van der Waals surface area contributed by atoms with Gasteiger partial charge in [0.1, 0.15) is 11.9 Å². The Morgan fingerprint density at radius 1 is 1.12 bits per heavy atom. The smallest absolute Gasteiger partial charge is 0.249 e. The number of imide groups is 1. The summed E-state index contributed by atoms with van der Waals surface area (Å²) in [5.41, 5.74) is 1.11. The first kappa shape index (κ1) is 24.8. The van der Waals surface area contributed by atoms with Crippen molar-refractivity contribution >= 4 is 35.8 Å². The van der Waals surface area contributed by atoms with Gasteiger partial charge < -0.3 is 10.2 Å². The summed E-state index contributed by atoms with van der Waals surface area (Å²) in [4.78, 5) is 42.1. The van der Waals surface area contributed by atoms with Crippen LogP contribution in [0, 0.1) is 5.82 Å². The van der Waals surface area contributed by atoms with Crippen molar-refractivity contribution in [2.24, 2.45) is 4.99 Å². The average Bonchev–Trinajstić information content (AvgIpc) is 2.81. The first-order valence-corrected chi connectivity index (χ1v) is 11.8. The van der Waals surface area contributed by atoms with Crippen molar-refractivity contribution < 1.29 is 18.8 Å². The molecule has 9 heteroatoms. The SMILES string of the molecule is C=NC(=O)CCCCCCCN1CCN(c2ccc(NC3CCC(=O)NC3=O)cc2F)CC1. The minimum atomic E-state index is -0.525. The zero-order chi connectivity index (χ0) is 23.6. The van der Waals surface area contributed by atoms with Crippen LogP contribution < -0.4 is 15.5 Å². The molecule has 0 saturated carbocycles. The van der Waals surface area contributed by atoms with Crippen molar-refractivity contribution in [1.82, 2.24) is 10.2 Å². The summed E-state index contributed by atoms with van der Waals surface area (Å²) < 4.78 is 14.8. The number of unbranched alkanes of at least 4 members (excludes halogenated alkanes) is 4. The van der Waals surface area contributed by atoms with Gasteiger partial charge in [-0.25, -0.2) is 9.38 Å². The molecule has 2 saturated heterocycles. The monoisotopic (exact) mass is 459 g/mol. The van der Waals surface area contributed by atoms with E-state index in [0.717, 1.165) is 64.8 Å². The number of anilines is 2. The first-order valence-electron chi connectivity index (χ1n) is 11.8. The van der Waals surface area contributed by atoms with Crippen LogP contribution in [0.5, 0.6) is 0 Å². The summed E-state index contributed by atoms with van der Waals surface area (Å²) >= 11 is 0. The Labute approximate surface area is 194 Å². The molecule has 2 N–H and O–H groups in total. The van der Waals surface area contributed by atoms with Crippen LogP contribution in [0.15, 0.2) is 23.2 Å². The van der Waals surface area contributed by atoms with Gasteiger partial charge in [0.25, 0.3) is 0 Å². The summed E-state index contributed by atoms with van der Waals surface area (Å²) in [7, 11) is 0. The number of piperidine rings is 1. The maximum atomic E-state index is 14.8. The van der Waals surface area contributed by atoms with E-state index in [4.69, 9.17) is 0 Å². The highest BCUT2D eigenvalue weighted by Crippen LogP contribution is 2.25. The second-order valence-corrected chi connectivity index (χ2v) is 8.71. The molecule has 0 spiro atoms. The third-order valence-electron chi connectivity index (χ3n) is 6.28. The first-order chi connectivity index (χ1) is 16.0. The van der Waals surface area contributed by atoms with Crippen molar-refractivity contribution in [3.05, 3.63) is 24.0 Å². The zero-order valence-corrected chi connectivity index (χ0v) is 19.2. The Morgan fingerprint density at radius 3 is 2.55 bits per heavy atom. The molecule has 1 aromatic rings. The molecule has 1 aromatic carbocycles. The topological polar surface area (TPSA) is 94.1 Å². The Hall–Kier alpha value is -2.81. The molecule has 0 radical (unpaired) electrons. The van der Waals surface area contributed by atoms with Crippen molar-refractivity contribution in [2.45, 2.75) is 57.4 Å². The number of aliphatic imine (C=N–C) groups is 1. The van der Waals surface area contributed by atoms with Gasteiger partial charge in [0, 0.05) is 44.7 Å². The molecule has 0 bridgehead atoms. The normalized spacial score (nSPS) is 19.3. The third-order valence-corrected chi connectivity index (χ3v) is 6.28. The van der Waals surface area contributed by atoms with E-state index in [2.05, 4.69) is 32.1 Å². The third kappa shape index (κ3) is 7.63. The van der Waals surface area contributed by atoms with E-state index < -0.39 is 6.04 Å². The van der Waals surface area contributed by atoms with Crippen LogP contribution in [0.3, 0.4) is 0 Å². The van der Waals surface area contributed by atoms with Crippen molar-refractivity contribution in [3.63, 3.8) is 0 Å². The highest BCUT2D eigenvalue weighted by atomic mass is 19.1. The van der Waals surface area contributed by atoms with Crippen LogP contribution in [0.2, 0.25) is 0 Å². The van der Waals surface area contributed by atoms with Gasteiger partial charge in [0.2, 0.25) is 17.7 Å². The fraction of sp³-hybridized carbons (Fsp3) is 0.583. The van der Waals surface area contributed by atoms with Crippen LogP contribution in [0.4, 0.5) is 15.8 Å². The van der Waals surface area contributed by atoms with Crippen LogP contribution in [-0.4, -0.2) is 68.1 Å². The highest BCUT2D eigenvalue weighted by molar-refractivity contribution is 6.01. The van der Waals surface area contributed by atoms with E-state index in [1.54, 1.807) is 12.1 Å². The van der Waals surface area contributed by atoms with Gasteiger partial charge in [-0.3, -0.25) is 24.6 Å². The second kappa shape index (κ2) is 12.4. The van der Waals surface area contributed by atoms with E-state index in [1.165, 1.54) is 6.07 Å². The molecule has 2 fully saturated rings. The minimum absolute atomic E-state index is 0.121. The van der Waals surface area contributed by atoms with Crippen molar-refractivity contribution in [1.29, 1.82) is 0 Å².